The smallest absolute Gasteiger partial charge is 0.350 e. The van der Waals surface area contributed by atoms with Gasteiger partial charge in [0.25, 0.3) is 0 Å². The second kappa shape index (κ2) is 5.49. The molecule has 1 N–H and O–H groups in total. The third-order valence-corrected chi connectivity index (χ3v) is 3.65. The number of carboxylic acids is 1. The van der Waals surface area contributed by atoms with E-state index in [1.165, 1.54) is 24.3 Å². The summed E-state index contributed by atoms with van der Waals surface area (Å²) in [5.74, 6) is -1.54. The van der Waals surface area contributed by atoms with Crippen LogP contribution in [0.25, 0.3) is 0 Å². The SMILES string of the molecule is CCO/C=C(\C(=O)O)S(=O)(=O)c1ccccc1. The molecule has 0 saturated heterocycles. The van der Waals surface area contributed by atoms with Gasteiger partial charge in [-0.1, -0.05) is 18.2 Å². The van der Waals surface area contributed by atoms with Crippen LogP contribution in [-0.2, 0) is 19.4 Å². The minimum Gasteiger partial charge on any atom is -0.500 e. The Morgan fingerprint density at radius 3 is 2.41 bits per heavy atom. The molecule has 6 heteroatoms. The van der Waals surface area contributed by atoms with Crippen LogP contribution in [0.3, 0.4) is 0 Å². The monoisotopic (exact) mass is 256 g/mol. The van der Waals surface area contributed by atoms with E-state index in [0.717, 1.165) is 6.26 Å². The Kier molecular flexibility index (Phi) is 4.28. The van der Waals surface area contributed by atoms with Crippen molar-refractivity contribution in [3.05, 3.63) is 41.5 Å². The summed E-state index contributed by atoms with van der Waals surface area (Å²) in [4.78, 5) is 10.0. The van der Waals surface area contributed by atoms with Crippen molar-refractivity contribution >= 4 is 15.8 Å². The number of carboxylic acid groups (broad SMARTS) is 1. The van der Waals surface area contributed by atoms with Crippen LogP contribution in [0.5, 0.6) is 0 Å². The van der Waals surface area contributed by atoms with Crippen molar-refractivity contribution in [1.29, 1.82) is 0 Å². The molecule has 17 heavy (non-hydrogen) atoms. The molecule has 92 valence electrons. The Labute approximate surface area is 99.3 Å². The molecular formula is C11H12O5S. The predicted octanol–water partition coefficient (Wildman–Crippen LogP) is 1.42. The summed E-state index contributed by atoms with van der Waals surface area (Å²) in [6.07, 6.45) is 0.755. The topological polar surface area (TPSA) is 80.7 Å². The van der Waals surface area contributed by atoms with E-state index in [9.17, 15) is 13.2 Å². The average Bonchev–Trinajstić information content (AvgIpc) is 2.30. The molecule has 0 amide bonds. The number of hydrogen-bond donors (Lipinski definition) is 1. The largest absolute Gasteiger partial charge is 0.500 e. The summed E-state index contributed by atoms with van der Waals surface area (Å²) in [6, 6.07) is 7.35. The fourth-order valence-electron chi connectivity index (χ4n) is 1.11. The van der Waals surface area contributed by atoms with Gasteiger partial charge in [0.2, 0.25) is 9.84 Å². The van der Waals surface area contributed by atoms with Gasteiger partial charge in [-0.25, -0.2) is 13.2 Å². The molecule has 5 nitrogen and oxygen atoms in total. The predicted molar refractivity (Wildman–Crippen MR) is 61.0 cm³/mol. The van der Waals surface area contributed by atoms with Crippen LogP contribution < -0.4 is 0 Å². The van der Waals surface area contributed by atoms with Crippen molar-refractivity contribution in [2.24, 2.45) is 0 Å². The van der Waals surface area contributed by atoms with E-state index in [1.807, 2.05) is 0 Å². The Bertz CT molecular complexity index is 516. The van der Waals surface area contributed by atoms with Gasteiger partial charge in [0.05, 0.1) is 11.5 Å². The molecule has 1 aromatic carbocycles. The highest BCUT2D eigenvalue weighted by molar-refractivity contribution is 7.96. The molecule has 0 aromatic heterocycles. The van der Waals surface area contributed by atoms with E-state index in [4.69, 9.17) is 9.84 Å². The molecule has 0 aliphatic carbocycles. The maximum Gasteiger partial charge on any atom is 0.350 e. The lowest BCUT2D eigenvalue weighted by molar-refractivity contribution is -0.132. The Balaban J connectivity index is 3.24. The lowest BCUT2D eigenvalue weighted by Gasteiger charge is -2.05. The van der Waals surface area contributed by atoms with Crippen molar-refractivity contribution < 1.29 is 23.1 Å². The first-order valence-electron chi connectivity index (χ1n) is 4.85. The van der Waals surface area contributed by atoms with Crippen molar-refractivity contribution in [2.45, 2.75) is 11.8 Å². The zero-order valence-electron chi connectivity index (χ0n) is 9.16. The lowest BCUT2D eigenvalue weighted by Crippen LogP contribution is -2.14. The molecule has 0 atom stereocenters. The van der Waals surface area contributed by atoms with Crippen molar-refractivity contribution in [3.8, 4) is 0 Å². The van der Waals surface area contributed by atoms with Crippen LogP contribution in [0.1, 0.15) is 6.92 Å². The van der Waals surface area contributed by atoms with Crippen LogP contribution in [0.4, 0.5) is 0 Å². The number of hydrogen-bond acceptors (Lipinski definition) is 4. The second-order valence-corrected chi connectivity index (χ2v) is 4.98. The fourth-order valence-corrected chi connectivity index (χ4v) is 2.31. The molecule has 0 spiro atoms. The normalized spacial score (nSPS) is 12.2. The minimum absolute atomic E-state index is 0.0756. The average molecular weight is 256 g/mol. The van der Waals surface area contributed by atoms with E-state index in [2.05, 4.69) is 0 Å². The van der Waals surface area contributed by atoms with Gasteiger partial charge in [-0.05, 0) is 19.1 Å². The first-order chi connectivity index (χ1) is 8.00. The van der Waals surface area contributed by atoms with Crippen molar-refractivity contribution in [1.82, 2.24) is 0 Å². The van der Waals surface area contributed by atoms with E-state index in [1.54, 1.807) is 13.0 Å². The van der Waals surface area contributed by atoms with Gasteiger partial charge in [0, 0.05) is 0 Å². The van der Waals surface area contributed by atoms with Crippen LogP contribution >= 0.6 is 0 Å². The van der Waals surface area contributed by atoms with Gasteiger partial charge in [0.1, 0.15) is 6.26 Å². The molecule has 0 saturated carbocycles. The number of rotatable bonds is 5. The highest BCUT2D eigenvalue weighted by Gasteiger charge is 2.27. The Hall–Kier alpha value is -1.82. The maximum atomic E-state index is 12.0. The first kappa shape index (κ1) is 13.2. The molecule has 0 aliphatic rings. The van der Waals surface area contributed by atoms with Gasteiger partial charge in [0.15, 0.2) is 4.91 Å². The summed E-state index contributed by atoms with van der Waals surface area (Å²) in [6.45, 7) is 1.83. The molecule has 1 rings (SSSR count). The van der Waals surface area contributed by atoms with Gasteiger partial charge < -0.3 is 9.84 Å². The maximum absolute atomic E-state index is 12.0. The lowest BCUT2D eigenvalue weighted by atomic mass is 10.4. The highest BCUT2D eigenvalue weighted by atomic mass is 32.2. The van der Waals surface area contributed by atoms with Gasteiger partial charge in [-0.2, -0.15) is 0 Å². The fraction of sp³-hybridized carbons (Fsp3) is 0.182. The van der Waals surface area contributed by atoms with Crippen molar-refractivity contribution in [3.63, 3.8) is 0 Å². The van der Waals surface area contributed by atoms with Crippen LogP contribution in [0.2, 0.25) is 0 Å². The quantitative estimate of drug-likeness (QED) is 0.636. The Morgan fingerprint density at radius 2 is 1.94 bits per heavy atom. The summed E-state index contributed by atoms with van der Waals surface area (Å²) in [7, 11) is -4.04. The summed E-state index contributed by atoms with van der Waals surface area (Å²) < 4.78 is 28.6. The first-order valence-corrected chi connectivity index (χ1v) is 6.33. The summed E-state index contributed by atoms with van der Waals surface area (Å²) >= 11 is 0. The number of ether oxygens (including phenoxy) is 1. The summed E-state index contributed by atoms with van der Waals surface area (Å²) in [5.41, 5.74) is 0. The summed E-state index contributed by atoms with van der Waals surface area (Å²) in [5, 5.41) is 8.87. The molecule has 1 aromatic rings. The zero-order chi connectivity index (χ0) is 12.9. The van der Waals surface area contributed by atoms with E-state index < -0.39 is 20.7 Å². The van der Waals surface area contributed by atoms with E-state index in [-0.39, 0.29) is 11.5 Å². The zero-order valence-corrected chi connectivity index (χ0v) is 9.98. The number of sulfone groups is 1. The molecule has 0 bridgehead atoms. The molecule has 0 unspecified atom stereocenters. The molecule has 0 aliphatic heterocycles. The standard InChI is InChI=1S/C11H12O5S/c1-2-16-8-10(11(12)13)17(14,15)9-6-4-3-5-7-9/h3-8H,2H2,1H3,(H,12,13)/b10-8+. The third kappa shape index (κ3) is 3.07. The van der Waals surface area contributed by atoms with Gasteiger partial charge >= 0.3 is 5.97 Å². The highest BCUT2D eigenvalue weighted by Crippen LogP contribution is 2.19. The van der Waals surface area contributed by atoms with E-state index in [0.29, 0.717) is 0 Å². The van der Waals surface area contributed by atoms with Crippen LogP contribution in [0, 0.1) is 0 Å². The molecule has 0 radical (unpaired) electrons. The third-order valence-electron chi connectivity index (χ3n) is 1.91. The second-order valence-electron chi connectivity index (χ2n) is 3.06. The minimum atomic E-state index is -4.04. The van der Waals surface area contributed by atoms with Gasteiger partial charge in [-0.3, -0.25) is 0 Å². The number of aliphatic carboxylic acids is 1. The molecule has 0 fully saturated rings. The van der Waals surface area contributed by atoms with Crippen molar-refractivity contribution in [2.75, 3.05) is 6.61 Å². The molecule has 0 heterocycles. The number of carbonyl (C=O) groups is 1. The van der Waals surface area contributed by atoms with Gasteiger partial charge in [-0.15, -0.1) is 0 Å². The van der Waals surface area contributed by atoms with E-state index >= 15 is 0 Å². The van der Waals surface area contributed by atoms with Crippen LogP contribution in [-0.4, -0.2) is 26.1 Å². The Morgan fingerprint density at radius 1 is 1.35 bits per heavy atom. The van der Waals surface area contributed by atoms with Crippen LogP contribution in [0.15, 0.2) is 46.4 Å². The molecular weight excluding hydrogens is 244 g/mol. The number of benzene rings is 1.